The minimum absolute atomic E-state index is 0.0420. The summed E-state index contributed by atoms with van der Waals surface area (Å²) < 4.78 is 24.5. The second-order valence-corrected chi connectivity index (χ2v) is 11.9. The first-order chi connectivity index (χ1) is 19.7. The molecule has 42 heavy (non-hydrogen) atoms. The molecule has 0 aromatic heterocycles. The first-order valence-corrected chi connectivity index (χ1v) is 14.7. The van der Waals surface area contributed by atoms with E-state index in [-0.39, 0.29) is 17.9 Å². The topological polar surface area (TPSA) is 132 Å². The fourth-order valence-corrected chi connectivity index (χ4v) is 5.58. The van der Waals surface area contributed by atoms with Crippen LogP contribution in [-0.4, -0.2) is 63.4 Å². The van der Waals surface area contributed by atoms with Crippen LogP contribution in [0.25, 0.3) is 0 Å². The highest BCUT2D eigenvalue weighted by molar-refractivity contribution is 5.96. The van der Waals surface area contributed by atoms with Crippen molar-refractivity contribution < 1.29 is 47.7 Å². The average Bonchev–Trinajstić information content (AvgIpc) is 3.25. The van der Waals surface area contributed by atoms with Crippen molar-refractivity contribution in [2.75, 3.05) is 21.3 Å². The van der Waals surface area contributed by atoms with E-state index in [0.717, 1.165) is 38.6 Å². The predicted octanol–water partition coefficient (Wildman–Crippen LogP) is 4.98. The van der Waals surface area contributed by atoms with Gasteiger partial charge in [-0.1, -0.05) is 59.6 Å². The zero-order valence-electron chi connectivity index (χ0n) is 26.9. The van der Waals surface area contributed by atoms with Crippen LogP contribution in [-0.2, 0) is 47.7 Å². The molecule has 1 saturated heterocycles. The highest BCUT2D eigenvalue weighted by Gasteiger charge is 2.56. The number of cyclic esters (lactones) is 1. The summed E-state index contributed by atoms with van der Waals surface area (Å²) in [6.07, 6.45) is 5.05. The van der Waals surface area contributed by atoms with Gasteiger partial charge < -0.3 is 23.7 Å². The van der Waals surface area contributed by atoms with Crippen LogP contribution in [0.2, 0.25) is 0 Å². The van der Waals surface area contributed by atoms with Crippen molar-refractivity contribution in [3.8, 4) is 0 Å². The van der Waals surface area contributed by atoms with Crippen LogP contribution in [0, 0.1) is 35.5 Å². The summed E-state index contributed by atoms with van der Waals surface area (Å²) in [6, 6.07) is 0. The van der Waals surface area contributed by atoms with Gasteiger partial charge in [0.05, 0.1) is 27.2 Å². The molecule has 238 valence electrons. The van der Waals surface area contributed by atoms with E-state index >= 15 is 0 Å². The molecule has 0 bridgehead atoms. The highest BCUT2D eigenvalue weighted by Crippen LogP contribution is 2.30. The van der Waals surface area contributed by atoms with Gasteiger partial charge >= 0.3 is 29.8 Å². The SMILES string of the molecule is CCC(C)CC(C)CC(C)CC(C)/C=C(C)/C=C(/CC(C)C(=O)OC1C(=O)OC(C(=O)OC)C1C(=O)OC)C(=O)OC. The molecule has 1 aliphatic heterocycles. The molecule has 10 heteroatoms. The second kappa shape index (κ2) is 17.7. The van der Waals surface area contributed by atoms with E-state index in [2.05, 4.69) is 50.2 Å². The van der Waals surface area contributed by atoms with Crippen LogP contribution >= 0.6 is 0 Å². The minimum atomic E-state index is -1.69. The normalized spacial score (nSPS) is 22.7. The second-order valence-electron chi connectivity index (χ2n) is 11.9. The van der Waals surface area contributed by atoms with Gasteiger partial charge in [-0.05, 0) is 62.4 Å². The maximum Gasteiger partial charge on any atom is 0.349 e. The lowest BCUT2D eigenvalue weighted by Gasteiger charge is -2.21. The summed E-state index contributed by atoms with van der Waals surface area (Å²) in [4.78, 5) is 62.3. The van der Waals surface area contributed by atoms with E-state index in [1.54, 1.807) is 6.08 Å². The van der Waals surface area contributed by atoms with E-state index in [0.29, 0.717) is 11.8 Å². The Morgan fingerprint density at radius 1 is 0.857 bits per heavy atom. The van der Waals surface area contributed by atoms with Crippen molar-refractivity contribution in [2.24, 2.45) is 35.5 Å². The number of hydrogen-bond donors (Lipinski definition) is 0. The third-order valence-electron chi connectivity index (χ3n) is 7.68. The molecule has 0 spiro atoms. The Hall–Kier alpha value is -3.17. The number of carbonyl (C=O) groups excluding carboxylic acids is 5. The van der Waals surface area contributed by atoms with Crippen molar-refractivity contribution in [3.63, 3.8) is 0 Å². The Bertz CT molecular complexity index is 1010. The fraction of sp³-hybridized carbons (Fsp3) is 0.719. The molecule has 8 unspecified atom stereocenters. The molecule has 0 aliphatic carbocycles. The van der Waals surface area contributed by atoms with Crippen molar-refractivity contribution in [3.05, 3.63) is 23.3 Å². The van der Waals surface area contributed by atoms with Gasteiger partial charge in [-0.25, -0.2) is 14.4 Å². The quantitative estimate of drug-likeness (QED) is 0.104. The number of ether oxygens (including phenoxy) is 5. The van der Waals surface area contributed by atoms with Crippen molar-refractivity contribution >= 4 is 29.8 Å². The summed E-state index contributed by atoms with van der Waals surface area (Å²) in [5, 5.41) is 0. The van der Waals surface area contributed by atoms with E-state index < -0.39 is 53.9 Å². The maximum absolute atomic E-state index is 13.0. The number of allylic oxidation sites excluding steroid dienone is 3. The van der Waals surface area contributed by atoms with Crippen molar-refractivity contribution in [1.82, 2.24) is 0 Å². The maximum atomic E-state index is 13.0. The average molecular weight is 595 g/mol. The van der Waals surface area contributed by atoms with Crippen LogP contribution in [0.1, 0.15) is 80.6 Å². The first kappa shape index (κ1) is 36.9. The van der Waals surface area contributed by atoms with Gasteiger partial charge in [0.1, 0.15) is 0 Å². The third-order valence-corrected chi connectivity index (χ3v) is 7.68. The molecule has 0 saturated carbocycles. The predicted molar refractivity (Wildman–Crippen MR) is 156 cm³/mol. The summed E-state index contributed by atoms with van der Waals surface area (Å²) in [7, 11) is 3.39. The molecule has 1 rings (SSSR count). The lowest BCUT2D eigenvalue weighted by atomic mass is 9.84. The van der Waals surface area contributed by atoms with Gasteiger partial charge in [-0.2, -0.15) is 0 Å². The molecule has 1 fully saturated rings. The largest absolute Gasteiger partial charge is 0.469 e. The standard InChI is InChI=1S/C32H50O10/c1-11-18(2)12-19(3)13-20(4)14-21(5)15-22(6)16-24(29(34)38-8)17-23(7)28(33)41-27-25(30(35)39-9)26(31(36)40-10)42-32(27)37/h15-16,18-21,23,25-27H,11-14,17H2,1-10H3/b22-15+,24-16-. The molecule has 0 radical (unpaired) electrons. The zero-order valence-corrected chi connectivity index (χ0v) is 26.9. The van der Waals surface area contributed by atoms with E-state index in [4.69, 9.17) is 14.2 Å². The molecule has 8 atom stereocenters. The number of carbonyl (C=O) groups is 5. The van der Waals surface area contributed by atoms with Gasteiger partial charge in [0.15, 0.2) is 5.92 Å². The van der Waals surface area contributed by atoms with E-state index in [9.17, 15) is 24.0 Å². The lowest BCUT2D eigenvalue weighted by Crippen LogP contribution is -2.41. The number of methoxy groups -OCH3 is 3. The van der Waals surface area contributed by atoms with Crippen LogP contribution in [0.15, 0.2) is 23.3 Å². The molecular weight excluding hydrogens is 544 g/mol. The van der Waals surface area contributed by atoms with Gasteiger partial charge in [0.25, 0.3) is 0 Å². The van der Waals surface area contributed by atoms with Crippen LogP contribution < -0.4 is 0 Å². The molecule has 0 N–H and O–H groups in total. The first-order valence-electron chi connectivity index (χ1n) is 14.7. The van der Waals surface area contributed by atoms with E-state index in [1.807, 2.05) is 6.92 Å². The Morgan fingerprint density at radius 2 is 1.43 bits per heavy atom. The third kappa shape index (κ3) is 11.2. The van der Waals surface area contributed by atoms with Gasteiger partial charge in [0, 0.05) is 5.57 Å². The van der Waals surface area contributed by atoms with Crippen LogP contribution in [0.5, 0.6) is 0 Å². The minimum Gasteiger partial charge on any atom is -0.469 e. The molecule has 0 aromatic carbocycles. The molecule has 0 aromatic rings. The van der Waals surface area contributed by atoms with E-state index in [1.165, 1.54) is 26.9 Å². The summed E-state index contributed by atoms with van der Waals surface area (Å²) in [5.74, 6) is -4.66. The Kier molecular flexibility index (Phi) is 15.5. The number of rotatable bonds is 16. The van der Waals surface area contributed by atoms with Gasteiger partial charge in [0.2, 0.25) is 12.2 Å². The number of esters is 5. The van der Waals surface area contributed by atoms with Crippen LogP contribution in [0.3, 0.4) is 0 Å². The molecule has 1 heterocycles. The summed E-state index contributed by atoms with van der Waals surface area (Å²) in [6.45, 7) is 14.7. The Morgan fingerprint density at radius 3 is 1.98 bits per heavy atom. The Labute approximate surface area is 250 Å². The zero-order chi connectivity index (χ0) is 32.1. The fourth-order valence-electron chi connectivity index (χ4n) is 5.58. The molecular formula is C32H50O10. The molecule has 1 aliphatic rings. The van der Waals surface area contributed by atoms with Crippen molar-refractivity contribution in [1.29, 1.82) is 0 Å². The Balaban J connectivity index is 2.96. The number of hydrogen-bond acceptors (Lipinski definition) is 10. The molecule has 10 nitrogen and oxygen atoms in total. The summed E-state index contributed by atoms with van der Waals surface area (Å²) in [5.41, 5.74) is 1.11. The molecule has 0 amide bonds. The van der Waals surface area contributed by atoms with Crippen LogP contribution in [0.4, 0.5) is 0 Å². The van der Waals surface area contributed by atoms with Crippen molar-refractivity contribution in [2.45, 2.75) is 92.8 Å². The van der Waals surface area contributed by atoms with Gasteiger partial charge in [-0.15, -0.1) is 0 Å². The monoisotopic (exact) mass is 594 g/mol. The smallest absolute Gasteiger partial charge is 0.349 e. The highest BCUT2D eigenvalue weighted by atomic mass is 16.6. The van der Waals surface area contributed by atoms with Gasteiger partial charge in [-0.3, -0.25) is 9.59 Å². The summed E-state index contributed by atoms with van der Waals surface area (Å²) >= 11 is 0. The lowest BCUT2D eigenvalue weighted by molar-refractivity contribution is -0.167.